The van der Waals surface area contributed by atoms with Gasteiger partial charge in [0.05, 0.1) is 2.74 Å². The maximum absolute atomic E-state index is 12.7. The summed E-state index contributed by atoms with van der Waals surface area (Å²) in [5, 5.41) is 4.50. The van der Waals surface area contributed by atoms with Crippen LogP contribution in [0.3, 0.4) is 0 Å². The molecule has 0 bridgehead atoms. The summed E-state index contributed by atoms with van der Waals surface area (Å²) in [6.45, 7) is -4.62. The summed E-state index contributed by atoms with van der Waals surface area (Å²) in [5.41, 5.74) is 0.149. The van der Waals surface area contributed by atoms with E-state index in [2.05, 4.69) is 5.10 Å². The van der Waals surface area contributed by atoms with Gasteiger partial charge in [0.1, 0.15) is 0 Å². The first kappa shape index (κ1) is 11.4. The van der Waals surface area contributed by atoms with Crippen molar-refractivity contribution in [3.05, 3.63) is 64.2 Å². The van der Waals surface area contributed by atoms with Crippen molar-refractivity contribution in [2.45, 2.75) is 12.9 Å². The van der Waals surface area contributed by atoms with Gasteiger partial charge in [-0.25, -0.2) is 9.48 Å². The number of benzene rings is 1. The number of anilines is 1. The van der Waals surface area contributed by atoms with Gasteiger partial charge in [0, 0.05) is 61.6 Å². The summed E-state index contributed by atoms with van der Waals surface area (Å²) in [5.74, 6) is 0. The van der Waals surface area contributed by atoms with Crippen LogP contribution in [0.4, 0.5) is 5.69 Å². The number of aryl methyl sites for hydroxylation is 1. The van der Waals surface area contributed by atoms with E-state index < -0.39 is 25.1 Å². The second kappa shape index (κ2) is 7.51. The molecule has 1 fully saturated rings. The van der Waals surface area contributed by atoms with Crippen LogP contribution in [0.25, 0.3) is 5.65 Å². The maximum Gasteiger partial charge on any atom is 0.350 e. The number of nitrogens with zero attached hydrogens (tertiary/aromatic N) is 5. The lowest BCUT2D eigenvalue weighted by Gasteiger charge is -2.36. The van der Waals surface area contributed by atoms with Crippen LogP contribution in [-0.2, 0) is 6.50 Å². The standard InChI is InChI=1S/C19H22ClN5O/c20-16-5-3-6-17(15-16)23-13-11-22(12-14-23)8-4-10-25-19(26)24-9-2-1-7-18(24)21-25/h1-3,5-7,9,15H,4,8,10-14H2/i4D2,8D2,10D2. The first-order valence-corrected chi connectivity index (χ1v) is 8.67. The lowest BCUT2D eigenvalue weighted by atomic mass is 10.2. The van der Waals surface area contributed by atoms with Gasteiger partial charge in [0.25, 0.3) is 0 Å². The zero-order valence-corrected chi connectivity index (χ0v) is 14.7. The summed E-state index contributed by atoms with van der Waals surface area (Å²) in [6.07, 6.45) is -1.70. The fourth-order valence-corrected chi connectivity index (χ4v) is 3.09. The van der Waals surface area contributed by atoms with E-state index >= 15 is 0 Å². The molecule has 0 spiro atoms. The van der Waals surface area contributed by atoms with E-state index in [0.29, 0.717) is 22.8 Å². The Morgan fingerprint density at radius 3 is 2.69 bits per heavy atom. The summed E-state index contributed by atoms with van der Waals surface area (Å²) in [6, 6.07) is 12.0. The lowest BCUT2D eigenvalue weighted by Crippen LogP contribution is -2.46. The van der Waals surface area contributed by atoms with Crippen LogP contribution >= 0.6 is 11.6 Å². The van der Waals surface area contributed by atoms with Crippen LogP contribution in [0.1, 0.15) is 14.6 Å². The van der Waals surface area contributed by atoms with E-state index in [1.165, 1.54) is 17.2 Å². The molecular formula is C19H22ClN5O. The molecule has 0 radical (unpaired) electrons. The van der Waals surface area contributed by atoms with Crippen molar-refractivity contribution < 1.29 is 8.22 Å². The number of aromatic nitrogens is 3. The molecule has 0 amide bonds. The smallest absolute Gasteiger partial charge is 0.350 e. The Bertz CT molecular complexity index is 1190. The molecule has 6 nitrogen and oxygen atoms in total. The maximum atomic E-state index is 12.7. The molecule has 0 saturated carbocycles. The van der Waals surface area contributed by atoms with Crippen molar-refractivity contribution in [1.29, 1.82) is 0 Å². The summed E-state index contributed by atoms with van der Waals surface area (Å²) in [4.78, 5) is 15.9. The molecule has 0 atom stereocenters. The highest BCUT2D eigenvalue weighted by Gasteiger charge is 2.17. The molecule has 0 unspecified atom stereocenters. The van der Waals surface area contributed by atoms with Crippen molar-refractivity contribution >= 4 is 22.9 Å². The van der Waals surface area contributed by atoms with Crippen molar-refractivity contribution in [3.63, 3.8) is 0 Å². The normalized spacial score (nSPS) is 20.7. The SMILES string of the molecule is [2H]C([2H])(N1CCN(c2cccc(Cl)c2)CC1)C([2H])([2H])C([2H])([2H])n1nc2ccccn2c1=O. The number of hydrogen-bond acceptors (Lipinski definition) is 4. The second-order valence-corrected chi connectivity index (χ2v) is 6.36. The van der Waals surface area contributed by atoms with E-state index in [9.17, 15) is 4.79 Å². The van der Waals surface area contributed by atoms with Crippen molar-refractivity contribution in [2.75, 3.05) is 37.6 Å². The molecule has 136 valence electrons. The third kappa shape index (κ3) is 3.61. The van der Waals surface area contributed by atoms with E-state index in [-0.39, 0.29) is 18.7 Å². The predicted octanol–water partition coefficient (Wildman–Crippen LogP) is 2.36. The minimum atomic E-state index is -3.10. The molecule has 3 heterocycles. The molecule has 2 aromatic heterocycles. The number of pyridine rings is 1. The zero-order chi connectivity index (χ0) is 23.3. The number of rotatable bonds is 5. The van der Waals surface area contributed by atoms with Crippen LogP contribution < -0.4 is 10.6 Å². The Labute approximate surface area is 165 Å². The molecule has 0 aliphatic carbocycles. The molecule has 0 N–H and O–H groups in total. The highest BCUT2D eigenvalue weighted by atomic mass is 35.5. The minimum absolute atomic E-state index is 0.146. The van der Waals surface area contributed by atoms with Gasteiger partial charge in [0.2, 0.25) is 0 Å². The Kier molecular flexibility index (Phi) is 3.30. The highest BCUT2D eigenvalue weighted by molar-refractivity contribution is 6.30. The van der Waals surface area contributed by atoms with Crippen LogP contribution in [0, 0.1) is 0 Å². The first-order chi connectivity index (χ1) is 15.0. The topological polar surface area (TPSA) is 45.8 Å². The van der Waals surface area contributed by atoms with Gasteiger partial charge in [-0.1, -0.05) is 23.7 Å². The Morgan fingerprint density at radius 2 is 1.92 bits per heavy atom. The highest BCUT2D eigenvalue weighted by Crippen LogP contribution is 2.20. The molecule has 1 aliphatic rings. The van der Waals surface area contributed by atoms with E-state index in [1.807, 2.05) is 17.0 Å². The first-order valence-electron chi connectivity index (χ1n) is 11.3. The number of fused-ring (bicyclic) bond motifs is 1. The molecule has 1 aromatic carbocycles. The largest absolute Gasteiger partial charge is 0.369 e. The van der Waals surface area contributed by atoms with Gasteiger partial charge in [-0.05, 0) is 36.7 Å². The Balaban J connectivity index is 1.59. The monoisotopic (exact) mass is 377 g/mol. The predicted molar refractivity (Wildman–Crippen MR) is 104 cm³/mol. The van der Waals surface area contributed by atoms with Crippen LogP contribution in [-0.4, -0.2) is 51.8 Å². The Hall–Kier alpha value is -2.31. The summed E-state index contributed by atoms with van der Waals surface area (Å²) >= 11 is 6.05. The quantitative estimate of drug-likeness (QED) is 0.684. The van der Waals surface area contributed by atoms with Crippen molar-refractivity contribution in [2.24, 2.45) is 0 Å². The molecule has 4 rings (SSSR count). The van der Waals surface area contributed by atoms with Crippen molar-refractivity contribution in [3.8, 4) is 0 Å². The minimum Gasteiger partial charge on any atom is -0.369 e. The Morgan fingerprint density at radius 1 is 1.08 bits per heavy atom. The molecule has 3 aromatic rings. The molecular weight excluding hydrogens is 350 g/mol. The summed E-state index contributed by atoms with van der Waals surface area (Å²) in [7, 11) is 0. The summed E-state index contributed by atoms with van der Waals surface area (Å²) < 4.78 is 52.2. The fourth-order valence-electron chi connectivity index (χ4n) is 2.90. The van der Waals surface area contributed by atoms with Gasteiger partial charge in [-0.15, -0.1) is 5.10 Å². The van der Waals surface area contributed by atoms with Crippen LogP contribution in [0.2, 0.25) is 5.02 Å². The third-order valence-electron chi connectivity index (χ3n) is 4.26. The number of halogens is 1. The van der Waals surface area contributed by atoms with Crippen LogP contribution in [0.5, 0.6) is 0 Å². The molecule has 1 saturated heterocycles. The van der Waals surface area contributed by atoms with Gasteiger partial charge >= 0.3 is 5.69 Å². The average molecular weight is 378 g/mol. The fraction of sp³-hybridized carbons (Fsp3) is 0.368. The van der Waals surface area contributed by atoms with Gasteiger partial charge < -0.3 is 4.90 Å². The molecule has 7 heteroatoms. The zero-order valence-electron chi connectivity index (χ0n) is 20.0. The van der Waals surface area contributed by atoms with E-state index in [1.54, 1.807) is 24.3 Å². The number of piperazine rings is 1. The average Bonchev–Trinajstić information content (AvgIpc) is 3.11. The van der Waals surface area contributed by atoms with Gasteiger partial charge in [-0.3, -0.25) is 9.30 Å². The van der Waals surface area contributed by atoms with E-state index in [4.69, 9.17) is 19.8 Å². The second-order valence-electron chi connectivity index (χ2n) is 5.93. The molecule has 1 aliphatic heterocycles. The van der Waals surface area contributed by atoms with E-state index in [0.717, 1.165) is 10.1 Å². The van der Waals surface area contributed by atoms with Crippen molar-refractivity contribution in [1.82, 2.24) is 19.1 Å². The third-order valence-corrected chi connectivity index (χ3v) is 4.49. The van der Waals surface area contributed by atoms with Gasteiger partial charge in [0.15, 0.2) is 5.65 Å². The molecule has 26 heavy (non-hydrogen) atoms. The van der Waals surface area contributed by atoms with Crippen LogP contribution in [0.15, 0.2) is 53.5 Å². The lowest BCUT2D eigenvalue weighted by molar-refractivity contribution is 0.248. The number of hydrogen-bond donors (Lipinski definition) is 0. The van der Waals surface area contributed by atoms with Gasteiger partial charge in [-0.2, -0.15) is 0 Å².